The Morgan fingerprint density at radius 1 is 1.17 bits per heavy atom. The lowest BCUT2D eigenvalue weighted by molar-refractivity contribution is -0.238. The smallest absolute Gasteiger partial charge is 0.209 e. The predicted molar refractivity (Wildman–Crippen MR) is 129 cm³/mol. The van der Waals surface area contributed by atoms with E-state index in [1.807, 2.05) is 12.1 Å². The molecule has 1 aliphatic heterocycles. The van der Waals surface area contributed by atoms with E-state index in [-0.39, 0.29) is 5.96 Å². The van der Waals surface area contributed by atoms with E-state index >= 15 is 0 Å². The van der Waals surface area contributed by atoms with Crippen LogP contribution < -0.4 is 30.6 Å². The zero-order chi connectivity index (χ0) is 25.6. The highest BCUT2D eigenvalue weighted by molar-refractivity contribution is 5.81. The predicted octanol–water partition coefficient (Wildman–Crippen LogP) is 1.67. The number of aliphatic hydroxyl groups is 1. The molecule has 11 nitrogen and oxygen atoms in total. The number of nitrogens with one attached hydrogen (secondary N) is 2. The van der Waals surface area contributed by atoms with Gasteiger partial charge in [0.25, 0.3) is 0 Å². The minimum absolute atomic E-state index is 0.148. The topological polar surface area (TPSA) is 153 Å². The van der Waals surface area contributed by atoms with Crippen LogP contribution >= 0.6 is 0 Å². The SMILES string of the molecule is COc1ccc(CNC(=NC#N)N[C@@H]2c3cc(N)ccc3O[C@](C)(C(OC)OC)[C@H]2O)cc1OC. The van der Waals surface area contributed by atoms with Crippen LogP contribution in [-0.4, -0.2) is 57.5 Å². The van der Waals surface area contributed by atoms with Gasteiger partial charge in [-0.25, -0.2) is 0 Å². The first-order chi connectivity index (χ1) is 16.8. The van der Waals surface area contributed by atoms with Gasteiger partial charge in [0.05, 0.1) is 20.3 Å². The normalized spacial score (nSPS) is 21.5. The molecular weight excluding hydrogens is 454 g/mol. The molecule has 2 aromatic rings. The van der Waals surface area contributed by atoms with E-state index in [1.54, 1.807) is 51.6 Å². The maximum Gasteiger partial charge on any atom is 0.209 e. The Balaban J connectivity index is 1.90. The number of nitrogen functional groups attached to an aromatic ring is 1. The number of nitriles is 1. The molecule has 1 aliphatic rings. The van der Waals surface area contributed by atoms with Crippen LogP contribution in [0.1, 0.15) is 24.1 Å². The van der Waals surface area contributed by atoms with Gasteiger partial charge >= 0.3 is 0 Å². The Morgan fingerprint density at radius 2 is 1.89 bits per heavy atom. The van der Waals surface area contributed by atoms with Gasteiger partial charge in [-0.15, -0.1) is 4.99 Å². The minimum atomic E-state index is -1.29. The third kappa shape index (κ3) is 5.35. The van der Waals surface area contributed by atoms with E-state index in [2.05, 4.69) is 15.6 Å². The highest BCUT2D eigenvalue weighted by Crippen LogP contribution is 2.43. The quantitative estimate of drug-likeness (QED) is 0.143. The second kappa shape index (κ2) is 11.1. The largest absolute Gasteiger partial charge is 0.493 e. The second-order valence-electron chi connectivity index (χ2n) is 8.06. The van der Waals surface area contributed by atoms with Gasteiger partial charge in [0.15, 0.2) is 23.4 Å². The zero-order valence-corrected chi connectivity index (χ0v) is 20.4. The van der Waals surface area contributed by atoms with E-state index < -0.39 is 24.0 Å². The average Bonchev–Trinajstić information content (AvgIpc) is 2.86. The number of guanidine groups is 1. The molecular formula is C24H31N5O6. The lowest BCUT2D eigenvalue weighted by Gasteiger charge is -2.46. The fourth-order valence-electron chi connectivity index (χ4n) is 4.11. The molecule has 35 heavy (non-hydrogen) atoms. The molecule has 0 spiro atoms. The van der Waals surface area contributed by atoms with Gasteiger partial charge in [-0.2, -0.15) is 5.26 Å². The summed E-state index contributed by atoms with van der Waals surface area (Å²) in [6, 6.07) is 9.80. The lowest BCUT2D eigenvalue weighted by Crippen LogP contribution is -2.62. The van der Waals surface area contributed by atoms with Gasteiger partial charge in [-0.1, -0.05) is 6.07 Å². The van der Waals surface area contributed by atoms with Crippen LogP contribution in [0.5, 0.6) is 17.2 Å². The molecule has 188 valence electrons. The van der Waals surface area contributed by atoms with Crippen LogP contribution in [0.25, 0.3) is 0 Å². The third-order valence-corrected chi connectivity index (χ3v) is 5.86. The van der Waals surface area contributed by atoms with Gasteiger partial charge in [0.2, 0.25) is 12.2 Å². The Labute approximate surface area is 204 Å². The van der Waals surface area contributed by atoms with Crippen molar-refractivity contribution in [2.45, 2.75) is 37.5 Å². The maximum absolute atomic E-state index is 11.4. The number of aliphatic hydroxyl groups excluding tert-OH is 1. The van der Waals surface area contributed by atoms with Crippen molar-refractivity contribution < 1.29 is 28.8 Å². The Hall–Kier alpha value is -3.72. The number of anilines is 1. The number of hydrogen-bond acceptors (Lipinski definition) is 9. The summed E-state index contributed by atoms with van der Waals surface area (Å²) >= 11 is 0. The van der Waals surface area contributed by atoms with Gasteiger partial charge in [0, 0.05) is 32.0 Å². The van der Waals surface area contributed by atoms with Gasteiger partial charge in [-0.3, -0.25) is 0 Å². The van der Waals surface area contributed by atoms with Crippen molar-refractivity contribution >= 4 is 11.6 Å². The van der Waals surface area contributed by atoms with Crippen LogP contribution in [0.3, 0.4) is 0 Å². The number of ether oxygens (including phenoxy) is 5. The molecule has 1 heterocycles. The molecule has 0 saturated carbocycles. The van der Waals surface area contributed by atoms with Crippen molar-refractivity contribution in [1.29, 1.82) is 5.26 Å². The van der Waals surface area contributed by atoms with E-state index in [0.29, 0.717) is 35.0 Å². The number of nitrogens with two attached hydrogens (primary N) is 1. The zero-order valence-electron chi connectivity index (χ0n) is 20.4. The second-order valence-corrected chi connectivity index (χ2v) is 8.06. The van der Waals surface area contributed by atoms with E-state index in [0.717, 1.165) is 5.56 Å². The molecule has 0 aliphatic carbocycles. The van der Waals surface area contributed by atoms with Gasteiger partial charge in [-0.05, 0) is 42.8 Å². The molecule has 0 fully saturated rings. The molecule has 0 aromatic heterocycles. The summed E-state index contributed by atoms with van der Waals surface area (Å²) in [5.41, 5.74) is 6.67. The van der Waals surface area contributed by atoms with Crippen molar-refractivity contribution in [2.75, 3.05) is 34.2 Å². The summed E-state index contributed by atoms with van der Waals surface area (Å²) in [5, 5.41) is 26.9. The first-order valence-corrected chi connectivity index (χ1v) is 10.8. The molecule has 0 radical (unpaired) electrons. The molecule has 5 N–H and O–H groups in total. The fourth-order valence-corrected chi connectivity index (χ4v) is 4.11. The Bertz CT molecular complexity index is 1100. The van der Waals surface area contributed by atoms with Crippen LogP contribution in [0.4, 0.5) is 5.69 Å². The van der Waals surface area contributed by atoms with Crippen molar-refractivity contribution in [3.8, 4) is 23.4 Å². The summed E-state index contributed by atoms with van der Waals surface area (Å²) in [6.07, 6.45) is -0.276. The van der Waals surface area contributed by atoms with E-state index in [4.69, 9.17) is 29.4 Å². The summed E-state index contributed by atoms with van der Waals surface area (Å²) in [7, 11) is 6.04. The van der Waals surface area contributed by atoms with Crippen molar-refractivity contribution in [1.82, 2.24) is 10.6 Å². The van der Waals surface area contributed by atoms with Crippen molar-refractivity contribution in [3.63, 3.8) is 0 Å². The number of hydrogen-bond donors (Lipinski definition) is 4. The van der Waals surface area contributed by atoms with E-state index in [1.165, 1.54) is 14.2 Å². The number of benzene rings is 2. The Kier molecular flexibility index (Phi) is 8.24. The van der Waals surface area contributed by atoms with Gasteiger partial charge < -0.3 is 45.2 Å². The number of rotatable bonds is 8. The number of nitrogens with zero attached hydrogens (tertiary/aromatic N) is 2. The number of fused-ring (bicyclic) bond motifs is 1. The summed E-state index contributed by atoms with van der Waals surface area (Å²) in [5.74, 6) is 1.81. The maximum atomic E-state index is 11.4. The highest BCUT2D eigenvalue weighted by atomic mass is 16.7. The molecule has 0 saturated heterocycles. The minimum Gasteiger partial charge on any atom is -0.493 e. The number of aliphatic imine (C=N–C) groups is 1. The molecule has 0 amide bonds. The summed E-state index contributed by atoms with van der Waals surface area (Å²) in [6.45, 7) is 1.99. The fraction of sp³-hybridized carbons (Fsp3) is 0.417. The van der Waals surface area contributed by atoms with Crippen LogP contribution in [0.2, 0.25) is 0 Å². The molecule has 11 heteroatoms. The highest BCUT2D eigenvalue weighted by Gasteiger charge is 2.52. The molecule has 2 aromatic carbocycles. The molecule has 3 rings (SSSR count). The third-order valence-electron chi connectivity index (χ3n) is 5.86. The molecule has 0 bridgehead atoms. The first-order valence-electron chi connectivity index (χ1n) is 10.8. The van der Waals surface area contributed by atoms with Gasteiger partial charge in [0.1, 0.15) is 11.9 Å². The summed E-state index contributed by atoms with van der Waals surface area (Å²) < 4.78 is 27.6. The lowest BCUT2D eigenvalue weighted by atomic mass is 9.84. The average molecular weight is 486 g/mol. The first kappa shape index (κ1) is 25.9. The standard InChI is InChI=1S/C24H31N5O6/c1-24(22(33-4)34-5)21(30)20(16-11-15(26)7-9-17(16)35-24)29-23(28-13-25)27-12-14-6-8-18(31-2)19(10-14)32-3/h6-11,20-22,30H,12,26H2,1-5H3,(H2,27,28,29)/t20-,21+,24+/m1/s1. The van der Waals surface area contributed by atoms with Crippen LogP contribution in [-0.2, 0) is 16.0 Å². The molecule has 3 atom stereocenters. The summed E-state index contributed by atoms with van der Waals surface area (Å²) in [4.78, 5) is 3.87. The number of methoxy groups -OCH3 is 4. The van der Waals surface area contributed by atoms with Crippen molar-refractivity contribution in [3.05, 3.63) is 47.5 Å². The molecule has 0 unspecified atom stereocenters. The Morgan fingerprint density at radius 3 is 2.51 bits per heavy atom. The van der Waals surface area contributed by atoms with E-state index in [9.17, 15) is 10.4 Å². The van der Waals surface area contributed by atoms with Crippen molar-refractivity contribution in [2.24, 2.45) is 4.99 Å². The van der Waals surface area contributed by atoms with Crippen LogP contribution in [0.15, 0.2) is 41.4 Å². The van der Waals surface area contributed by atoms with Crippen LogP contribution in [0, 0.1) is 11.5 Å². The monoisotopic (exact) mass is 485 g/mol.